The lowest BCUT2D eigenvalue weighted by Gasteiger charge is -2.39. The second-order valence-corrected chi connectivity index (χ2v) is 12.1. The summed E-state index contributed by atoms with van der Waals surface area (Å²) in [6.45, 7) is 16.0. The van der Waals surface area contributed by atoms with Gasteiger partial charge in [-0.25, -0.2) is 4.79 Å². The van der Waals surface area contributed by atoms with Gasteiger partial charge in [0.05, 0.1) is 38.6 Å². The van der Waals surface area contributed by atoms with Gasteiger partial charge in [0.25, 0.3) is 5.08 Å². The highest BCUT2D eigenvalue weighted by atomic mass is 31.2. The number of hydrogen-bond donors (Lipinski definition) is 0. The van der Waals surface area contributed by atoms with Gasteiger partial charge in [0.2, 0.25) is 0 Å². The number of ether oxygens (including phenoxy) is 2. The predicted molar refractivity (Wildman–Crippen MR) is 111 cm³/mol. The maximum atomic E-state index is 13.6. The Kier molecular flexibility index (Phi) is 11.5. The molecule has 0 rings (SSSR count). The number of carbonyl (C=O) groups excluding carboxylic acids is 1. The lowest BCUT2D eigenvalue weighted by molar-refractivity contribution is -0.150. The van der Waals surface area contributed by atoms with Gasteiger partial charge < -0.3 is 27.6 Å². The molecule has 0 aromatic carbocycles. The highest BCUT2D eigenvalue weighted by Crippen LogP contribution is 2.78. The van der Waals surface area contributed by atoms with Crippen LogP contribution < -0.4 is 0 Å². The number of carbonyl (C=O) groups is 1. The number of esters is 1. The fourth-order valence-electron chi connectivity index (χ4n) is 2.17. The minimum absolute atomic E-state index is 0.00148. The fourth-order valence-corrected chi connectivity index (χ4v) is 6.98. The highest BCUT2D eigenvalue weighted by Gasteiger charge is 2.63. The number of rotatable bonds is 14. The van der Waals surface area contributed by atoms with Crippen molar-refractivity contribution in [3.8, 4) is 0 Å². The van der Waals surface area contributed by atoms with Gasteiger partial charge in [-0.05, 0) is 55.4 Å². The van der Waals surface area contributed by atoms with Gasteiger partial charge in [0.1, 0.15) is 5.60 Å². The van der Waals surface area contributed by atoms with E-state index in [2.05, 4.69) is 6.58 Å². The first-order valence-corrected chi connectivity index (χ1v) is 12.7. The summed E-state index contributed by atoms with van der Waals surface area (Å²) in [6, 6.07) is 0. The van der Waals surface area contributed by atoms with Crippen molar-refractivity contribution in [2.24, 2.45) is 0 Å². The Hall–Kier alpha value is -0.530. The van der Waals surface area contributed by atoms with E-state index in [4.69, 9.17) is 27.6 Å². The van der Waals surface area contributed by atoms with E-state index in [9.17, 15) is 13.9 Å². The topological polar surface area (TPSA) is 107 Å². The smallest absolute Gasteiger partial charge is 0.374 e. The lowest BCUT2D eigenvalue weighted by Crippen LogP contribution is -2.35. The van der Waals surface area contributed by atoms with Crippen molar-refractivity contribution in [3.63, 3.8) is 0 Å². The zero-order valence-electron chi connectivity index (χ0n) is 18.8. The molecule has 0 saturated carbocycles. The van der Waals surface area contributed by atoms with E-state index >= 15 is 0 Å². The van der Waals surface area contributed by atoms with Crippen molar-refractivity contribution in [2.75, 3.05) is 33.0 Å². The summed E-state index contributed by atoms with van der Waals surface area (Å²) in [5.74, 6) is -0.704. The summed E-state index contributed by atoms with van der Waals surface area (Å²) in [5, 5.41) is -2.14. The quantitative estimate of drug-likeness (QED) is 0.199. The second-order valence-electron chi connectivity index (χ2n) is 6.99. The summed E-state index contributed by atoms with van der Waals surface area (Å²) in [6.07, 6.45) is 0. The molecule has 0 heterocycles. The Morgan fingerprint density at radius 1 is 0.793 bits per heavy atom. The molecule has 0 aliphatic carbocycles. The van der Waals surface area contributed by atoms with Gasteiger partial charge in [-0.1, -0.05) is 6.58 Å². The van der Waals surface area contributed by atoms with Crippen LogP contribution in [0.2, 0.25) is 0 Å². The van der Waals surface area contributed by atoms with E-state index in [1.807, 2.05) is 0 Å². The Morgan fingerprint density at radius 2 is 1.14 bits per heavy atom. The zero-order chi connectivity index (χ0) is 22.9. The van der Waals surface area contributed by atoms with E-state index in [-0.39, 0.29) is 32.0 Å². The first kappa shape index (κ1) is 28.5. The molecule has 0 aromatic heterocycles. The minimum atomic E-state index is -4.18. The van der Waals surface area contributed by atoms with E-state index in [0.29, 0.717) is 0 Å². The Bertz CT molecular complexity index is 590. The fraction of sp³-hybridized carbons (Fsp3) is 0.833. The molecule has 172 valence electrons. The molecule has 0 spiro atoms. The Labute approximate surface area is 174 Å². The zero-order valence-corrected chi connectivity index (χ0v) is 20.6. The molecule has 0 bridgehead atoms. The van der Waals surface area contributed by atoms with Crippen molar-refractivity contribution in [1.82, 2.24) is 0 Å². The first-order valence-electron chi connectivity index (χ1n) is 9.59. The molecule has 29 heavy (non-hydrogen) atoms. The van der Waals surface area contributed by atoms with Crippen LogP contribution in [0.25, 0.3) is 0 Å². The van der Waals surface area contributed by atoms with E-state index in [0.717, 1.165) is 0 Å². The van der Waals surface area contributed by atoms with Crippen molar-refractivity contribution >= 4 is 21.2 Å². The summed E-state index contributed by atoms with van der Waals surface area (Å²) in [5.41, 5.74) is -0.800. The molecule has 0 aromatic rings. The van der Waals surface area contributed by atoms with Crippen LogP contribution in [0.1, 0.15) is 55.4 Å². The molecule has 0 amide bonds. The maximum absolute atomic E-state index is 13.6. The van der Waals surface area contributed by atoms with Crippen LogP contribution in [-0.2, 0) is 41.5 Å². The summed E-state index contributed by atoms with van der Waals surface area (Å²) >= 11 is 0. The first-order chi connectivity index (χ1) is 13.3. The molecule has 9 nitrogen and oxygen atoms in total. The second kappa shape index (κ2) is 11.8. The lowest BCUT2D eigenvalue weighted by atomic mass is 10.2. The Balaban J connectivity index is 6.05. The molecule has 0 aliphatic rings. The van der Waals surface area contributed by atoms with Gasteiger partial charge in [0.15, 0.2) is 0 Å². The van der Waals surface area contributed by atoms with E-state index in [1.54, 1.807) is 48.5 Å². The van der Waals surface area contributed by atoms with Crippen LogP contribution in [0.3, 0.4) is 0 Å². The summed E-state index contributed by atoms with van der Waals surface area (Å²) < 4.78 is 59.7. The SMILES string of the molecule is C=C(COC(C)(P(=O)(OCC)OCC)P(=O)(OCC)OCC)C(=O)OC(C)(C)C. The normalized spacial score (nSPS) is 13.4. The standard InChI is InChI=1S/C18H36O9P2/c1-10-23-28(20,24-11-2)18(9,29(21,25-12-3)26-13-4)22-14-15(5)16(19)27-17(6,7)8/h5,10-14H2,1-4,6-9H3. The maximum Gasteiger partial charge on any atom is 0.374 e. The Morgan fingerprint density at radius 3 is 1.41 bits per heavy atom. The third-order valence-corrected chi connectivity index (χ3v) is 9.57. The van der Waals surface area contributed by atoms with Crippen molar-refractivity contribution in [1.29, 1.82) is 0 Å². The largest absolute Gasteiger partial charge is 0.457 e. The van der Waals surface area contributed by atoms with Gasteiger partial charge in [0, 0.05) is 0 Å². The third-order valence-electron chi connectivity index (χ3n) is 3.42. The number of hydrogen-bond acceptors (Lipinski definition) is 9. The van der Waals surface area contributed by atoms with Crippen molar-refractivity contribution in [2.45, 2.75) is 66.1 Å². The minimum Gasteiger partial charge on any atom is -0.457 e. The molecule has 0 unspecified atom stereocenters. The monoisotopic (exact) mass is 458 g/mol. The molecular weight excluding hydrogens is 422 g/mol. The third kappa shape index (κ3) is 7.59. The van der Waals surface area contributed by atoms with Crippen LogP contribution in [0.4, 0.5) is 0 Å². The van der Waals surface area contributed by atoms with Crippen LogP contribution in [0.15, 0.2) is 12.2 Å². The van der Waals surface area contributed by atoms with Crippen LogP contribution >= 0.6 is 15.2 Å². The van der Waals surface area contributed by atoms with Gasteiger partial charge in [-0.2, -0.15) is 0 Å². The molecule has 11 heteroatoms. The molecule has 0 fully saturated rings. The molecular formula is C18H36O9P2. The van der Waals surface area contributed by atoms with Crippen LogP contribution in [0.5, 0.6) is 0 Å². The van der Waals surface area contributed by atoms with E-state index in [1.165, 1.54) is 6.92 Å². The molecule has 0 atom stereocenters. The van der Waals surface area contributed by atoms with Gasteiger partial charge in [-0.3, -0.25) is 9.13 Å². The molecule has 0 radical (unpaired) electrons. The average Bonchev–Trinajstić information content (AvgIpc) is 2.58. The van der Waals surface area contributed by atoms with E-state index < -0.39 is 38.5 Å². The van der Waals surface area contributed by atoms with Crippen molar-refractivity contribution in [3.05, 3.63) is 12.2 Å². The van der Waals surface area contributed by atoms with Crippen LogP contribution in [-0.4, -0.2) is 49.7 Å². The predicted octanol–water partition coefficient (Wildman–Crippen LogP) is 5.11. The summed E-state index contributed by atoms with van der Waals surface area (Å²) in [4.78, 5) is 12.2. The van der Waals surface area contributed by atoms with Crippen molar-refractivity contribution < 1.29 is 41.5 Å². The average molecular weight is 458 g/mol. The molecule has 0 aliphatic heterocycles. The molecule has 0 saturated heterocycles. The highest BCUT2D eigenvalue weighted by molar-refractivity contribution is 7.73. The summed E-state index contributed by atoms with van der Waals surface area (Å²) in [7, 11) is -8.36. The van der Waals surface area contributed by atoms with Gasteiger partial charge >= 0.3 is 21.2 Å². The van der Waals surface area contributed by atoms with Crippen LogP contribution in [0, 0.1) is 0 Å². The molecule has 0 N–H and O–H groups in total. The van der Waals surface area contributed by atoms with Gasteiger partial charge in [-0.15, -0.1) is 0 Å².